The second-order valence-electron chi connectivity index (χ2n) is 25.4. The number of likely N-dealkylation sites (tertiary alicyclic amines) is 2. The predicted molar refractivity (Wildman–Crippen MR) is 361 cm³/mol. The quantitative estimate of drug-likeness (QED) is 0.132. The van der Waals surface area contributed by atoms with Crippen LogP contribution in [0.1, 0.15) is 41.5 Å². The lowest BCUT2D eigenvalue weighted by Gasteiger charge is -2.43. The molecule has 1 N–H and O–H groups in total. The molecule has 6 fully saturated rings. The fourth-order valence-electron chi connectivity index (χ4n) is 12.5. The molecular formula is C63H69Br2ClN10O14S4. The molecule has 6 aliphatic heterocycles. The van der Waals surface area contributed by atoms with E-state index < -0.39 is 56.4 Å². The molecule has 94 heavy (non-hydrogen) atoms. The Hall–Kier alpha value is -6.45. The van der Waals surface area contributed by atoms with Crippen molar-refractivity contribution in [2.75, 3.05) is 73.1 Å². The van der Waals surface area contributed by atoms with E-state index >= 15 is 0 Å². The summed E-state index contributed by atoms with van der Waals surface area (Å²) < 4.78 is 130. The number of ether oxygens (including phenoxy) is 4. The predicted octanol–water partition coefficient (Wildman–Crippen LogP) is 9.48. The first-order chi connectivity index (χ1) is 44.3. The lowest BCUT2D eigenvalue weighted by molar-refractivity contribution is -0.0172. The van der Waals surface area contributed by atoms with E-state index in [0.717, 1.165) is 22.7 Å². The van der Waals surface area contributed by atoms with Crippen LogP contribution in [0.3, 0.4) is 0 Å². The number of sulfonamides is 3. The number of amides is 2. The molecule has 500 valence electrons. The monoisotopic (exact) mass is 1510 g/mol. The SMILES string of the molecule is CC(C)(C)OC(=O)N1C[C@@H]2CN(S(=O)(=O)c3cccc4cncc(Br)c34)C[C@@H]21.COc1cncc2cccc(S(=O)(=O)N3C[C@H]4CN(C(=O)OC(C)(C)C)[C@H]4C3)c12.COc1cncc2cccc(S(=O)(=O)N3C[C@H]4CN[C@H]4C3)c12.O=S(=O)(Cl)c1cccc2cncc(Br)c12. The van der Waals surface area contributed by atoms with Gasteiger partial charge in [-0.3, -0.25) is 19.9 Å². The molecule has 0 aliphatic carbocycles. The second-order valence-corrected chi connectivity index (χ2v) is 35.4. The molecule has 24 nitrogen and oxygen atoms in total. The molecule has 0 saturated carbocycles. The van der Waals surface area contributed by atoms with Crippen LogP contribution in [0.5, 0.6) is 11.5 Å². The van der Waals surface area contributed by atoms with Crippen LogP contribution in [-0.4, -0.2) is 191 Å². The molecule has 31 heteroatoms. The number of hydrogen-bond acceptors (Lipinski definition) is 19. The van der Waals surface area contributed by atoms with Crippen molar-refractivity contribution in [2.45, 2.75) is 90.5 Å². The van der Waals surface area contributed by atoms with Gasteiger partial charge in [0.2, 0.25) is 30.1 Å². The summed E-state index contributed by atoms with van der Waals surface area (Å²) in [6, 6.07) is 20.4. The Morgan fingerprint density at radius 2 is 0.809 bits per heavy atom. The summed E-state index contributed by atoms with van der Waals surface area (Å²) in [6.45, 7) is 15.3. The minimum Gasteiger partial charge on any atom is -0.494 e. The summed E-state index contributed by atoms with van der Waals surface area (Å²) in [5, 5.41) is 8.54. The Bertz CT molecular complexity index is 4730. The summed E-state index contributed by atoms with van der Waals surface area (Å²) in [7, 11) is -6.38. The number of rotatable bonds is 9. The van der Waals surface area contributed by atoms with Gasteiger partial charge in [0, 0.05) is 183 Å². The molecule has 4 aromatic carbocycles. The first-order valence-corrected chi connectivity index (χ1v) is 38.1. The minimum absolute atomic E-state index is 0.0935. The maximum Gasteiger partial charge on any atom is 0.410 e. The second kappa shape index (κ2) is 26.5. The highest BCUT2D eigenvalue weighted by molar-refractivity contribution is 9.11. The highest BCUT2D eigenvalue weighted by atomic mass is 79.9. The Morgan fingerprint density at radius 3 is 1.15 bits per heavy atom. The fraction of sp³-hybridized carbons (Fsp3) is 0.397. The van der Waals surface area contributed by atoms with Crippen LogP contribution in [0, 0.1) is 17.8 Å². The number of halogens is 3. The van der Waals surface area contributed by atoms with E-state index in [1.165, 1.54) is 41.3 Å². The van der Waals surface area contributed by atoms with Crippen molar-refractivity contribution < 1.29 is 62.2 Å². The van der Waals surface area contributed by atoms with E-state index in [9.17, 15) is 43.3 Å². The molecule has 0 unspecified atom stereocenters. The van der Waals surface area contributed by atoms with Gasteiger partial charge in [-0.15, -0.1) is 0 Å². The maximum atomic E-state index is 13.5. The Labute approximate surface area is 567 Å². The standard InChI is InChI=1S/C20H25N3O5S.C19H22BrN3O4S.C15H17N3O3S.C9H5BrClNO2S/c1-20(2,3)28-19(24)23-11-14-10-22(12-15(14)23)29(25,26)17-7-5-6-13-8-21-9-16(27-4)18(13)17;1-19(2,3)27-18(24)23-10-13-9-22(11-15(13)23)28(25,26)16-6-4-5-12-7-21-8-14(20)17(12)16;1-21-13-7-16-5-10-3-2-4-14(15(10)13)22(19,20)18-8-11-6-17-12(11)9-18;10-7-5-12-4-6-2-1-3-8(9(6)7)15(11,13)14/h5-9,14-15H,10-12H2,1-4H3;4-8,13,15H,9-11H2,1-3H3;2-5,7,11-12,17H,6,8-9H2,1H3;1-5H/t14-,15-;13-,15-;11-,12+;/m001./s1. The van der Waals surface area contributed by atoms with Crippen molar-refractivity contribution >= 4 is 137 Å². The van der Waals surface area contributed by atoms with E-state index in [0.29, 0.717) is 103 Å². The first-order valence-electron chi connectivity index (χ1n) is 29.8. The van der Waals surface area contributed by atoms with E-state index in [4.69, 9.17) is 29.6 Å². The summed E-state index contributed by atoms with van der Waals surface area (Å²) >= 11 is 6.68. The van der Waals surface area contributed by atoms with Gasteiger partial charge in [0.15, 0.2) is 0 Å². The molecule has 2 amide bonds. The number of carbonyl (C=O) groups excluding carboxylic acids is 2. The third-order valence-electron chi connectivity index (χ3n) is 17.1. The number of fused-ring (bicyclic) bond motifs is 7. The number of nitrogens with zero attached hydrogens (tertiary/aromatic N) is 9. The number of hydrogen-bond donors (Lipinski definition) is 1. The molecule has 6 saturated heterocycles. The van der Waals surface area contributed by atoms with Crippen molar-refractivity contribution in [3.05, 3.63) is 131 Å². The first kappa shape index (κ1) is 68.9. The lowest BCUT2D eigenvalue weighted by atomic mass is 9.93. The van der Waals surface area contributed by atoms with Gasteiger partial charge in [-0.2, -0.15) is 12.9 Å². The Balaban J connectivity index is 0.000000131. The fourth-order valence-corrected chi connectivity index (χ4v) is 20.2. The molecule has 14 rings (SSSR count). The van der Waals surface area contributed by atoms with Crippen LogP contribution >= 0.6 is 42.5 Å². The topological polar surface area (TPSA) is 287 Å². The smallest absolute Gasteiger partial charge is 0.410 e. The number of methoxy groups -OCH3 is 2. The average Bonchev–Trinajstić information content (AvgIpc) is 1.54. The Kier molecular flexibility index (Phi) is 19.4. The van der Waals surface area contributed by atoms with Gasteiger partial charge < -0.3 is 34.1 Å². The van der Waals surface area contributed by atoms with Gasteiger partial charge >= 0.3 is 12.2 Å². The molecule has 10 heterocycles. The number of aromatic nitrogens is 4. The number of carbonyl (C=O) groups is 2. The van der Waals surface area contributed by atoms with Crippen molar-refractivity contribution in [1.82, 2.24) is 48.0 Å². The normalized spacial score (nSPS) is 21.4. The van der Waals surface area contributed by atoms with Crippen LogP contribution in [-0.2, 0) is 48.6 Å². The van der Waals surface area contributed by atoms with Crippen LogP contribution in [0.2, 0.25) is 0 Å². The van der Waals surface area contributed by atoms with Gasteiger partial charge in [-0.1, -0.05) is 48.5 Å². The zero-order valence-electron chi connectivity index (χ0n) is 52.4. The van der Waals surface area contributed by atoms with Gasteiger partial charge in [-0.05, 0) is 97.7 Å². The summed E-state index contributed by atoms with van der Waals surface area (Å²) in [4.78, 5) is 45.1. The highest BCUT2D eigenvalue weighted by Crippen LogP contribution is 2.42. The molecule has 6 aliphatic rings. The van der Waals surface area contributed by atoms with Gasteiger partial charge in [0.05, 0.1) is 58.3 Å². The molecule has 4 aromatic heterocycles. The Morgan fingerprint density at radius 1 is 0.468 bits per heavy atom. The summed E-state index contributed by atoms with van der Waals surface area (Å²) in [6.07, 6.45) is 11.9. The van der Waals surface area contributed by atoms with E-state index in [1.54, 1.807) is 99.8 Å². The third-order valence-corrected chi connectivity index (χ3v) is 25.3. The van der Waals surface area contributed by atoms with Crippen LogP contribution in [0.25, 0.3) is 43.1 Å². The van der Waals surface area contributed by atoms with Gasteiger partial charge in [0.1, 0.15) is 22.7 Å². The van der Waals surface area contributed by atoms with Crippen molar-refractivity contribution in [3.8, 4) is 11.5 Å². The lowest BCUT2D eigenvalue weighted by Crippen LogP contribution is -2.59. The zero-order chi connectivity index (χ0) is 67.6. The van der Waals surface area contributed by atoms with Crippen LogP contribution in [0.4, 0.5) is 9.59 Å². The van der Waals surface area contributed by atoms with Gasteiger partial charge in [-0.25, -0.2) is 43.3 Å². The van der Waals surface area contributed by atoms with E-state index in [1.807, 2.05) is 59.7 Å². The zero-order valence-corrected chi connectivity index (χ0v) is 59.6. The molecule has 0 radical (unpaired) electrons. The van der Waals surface area contributed by atoms with Crippen LogP contribution < -0.4 is 14.8 Å². The van der Waals surface area contributed by atoms with E-state index in [-0.39, 0.29) is 57.8 Å². The average molecular weight is 1510 g/mol. The van der Waals surface area contributed by atoms with Crippen molar-refractivity contribution in [2.24, 2.45) is 17.8 Å². The minimum atomic E-state index is -3.76. The van der Waals surface area contributed by atoms with Gasteiger partial charge in [0.25, 0.3) is 9.05 Å². The maximum absolute atomic E-state index is 13.5. The number of pyridine rings is 4. The molecule has 6 atom stereocenters. The molecule has 8 aromatic rings. The third kappa shape index (κ3) is 13.8. The molecular weight excluding hydrogens is 1440 g/mol. The summed E-state index contributed by atoms with van der Waals surface area (Å²) in [5.74, 6) is 1.60. The summed E-state index contributed by atoms with van der Waals surface area (Å²) in [5.41, 5.74) is -1.16. The van der Waals surface area contributed by atoms with E-state index in [2.05, 4.69) is 57.1 Å². The van der Waals surface area contributed by atoms with Crippen molar-refractivity contribution in [3.63, 3.8) is 0 Å². The molecule has 0 bridgehead atoms. The highest BCUT2D eigenvalue weighted by Gasteiger charge is 2.54. The van der Waals surface area contributed by atoms with Crippen molar-refractivity contribution in [1.29, 1.82) is 0 Å². The molecule has 0 spiro atoms. The largest absolute Gasteiger partial charge is 0.494 e. The van der Waals surface area contributed by atoms with Crippen LogP contribution in [0.15, 0.2) is 151 Å². The number of benzene rings is 4. The number of nitrogens with one attached hydrogen (secondary N) is 1.